The molecule has 0 saturated carbocycles. The van der Waals surface area contributed by atoms with E-state index in [-0.39, 0.29) is 24.3 Å². The summed E-state index contributed by atoms with van der Waals surface area (Å²) in [5.74, 6) is -5.97. The number of aryl methyl sites for hydroxylation is 1. The van der Waals surface area contributed by atoms with Gasteiger partial charge in [-0.15, -0.1) is 0 Å². The van der Waals surface area contributed by atoms with Crippen LogP contribution in [0.1, 0.15) is 47.8 Å². The summed E-state index contributed by atoms with van der Waals surface area (Å²) < 4.78 is 30.0. The van der Waals surface area contributed by atoms with Crippen molar-refractivity contribution in [1.29, 1.82) is 0 Å². The highest BCUT2D eigenvalue weighted by Crippen LogP contribution is 2.48. The Labute approximate surface area is 221 Å². The first-order valence-corrected chi connectivity index (χ1v) is 12.5. The van der Waals surface area contributed by atoms with E-state index in [0.29, 0.717) is 21.6 Å². The van der Waals surface area contributed by atoms with Gasteiger partial charge in [0.05, 0.1) is 18.0 Å². The Balaban J connectivity index is 1.96. The van der Waals surface area contributed by atoms with Crippen LogP contribution in [0.2, 0.25) is 0 Å². The third kappa shape index (κ3) is 5.65. The number of carbonyl (C=O) groups excluding carboxylic acids is 3. The third-order valence-corrected chi connectivity index (χ3v) is 7.21. The van der Waals surface area contributed by atoms with Gasteiger partial charge in [-0.05, 0) is 50.5 Å². The minimum atomic E-state index is -3.40. The van der Waals surface area contributed by atoms with Crippen molar-refractivity contribution in [2.75, 3.05) is 13.1 Å². The van der Waals surface area contributed by atoms with E-state index in [1.54, 1.807) is 57.2 Å². The number of likely N-dealkylation sites (N-methyl/N-ethyl adjacent to an activating group) is 1. The predicted molar refractivity (Wildman–Crippen MR) is 138 cm³/mol. The van der Waals surface area contributed by atoms with Crippen molar-refractivity contribution in [3.63, 3.8) is 0 Å². The van der Waals surface area contributed by atoms with E-state index in [1.165, 1.54) is 19.9 Å². The van der Waals surface area contributed by atoms with Crippen LogP contribution in [-0.2, 0) is 16.0 Å². The van der Waals surface area contributed by atoms with Gasteiger partial charge in [0.2, 0.25) is 5.91 Å². The van der Waals surface area contributed by atoms with Crippen molar-refractivity contribution in [3.8, 4) is 5.75 Å². The number of benzene rings is 2. The summed E-state index contributed by atoms with van der Waals surface area (Å²) in [5.41, 5.74) is -0.129. The molecule has 2 aromatic carbocycles. The number of carbonyl (C=O) groups is 3. The molecule has 1 aliphatic rings. The maximum absolute atomic E-state index is 15.0. The maximum Gasteiger partial charge on any atom is 0.272 e. The molecule has 0 radical (unpaired) electrons. The quantitative estimate of drug-likeness (QED) is 0.418. The molecule has 0 aromatic heterocycles. The van der Waals surface area contributed by atoms with Gasteiger partial charge >= 0.3 is 0 Å². The zero-order valence-corrected chi connectivity index (χ0v) is 22.2. The van der Waals surface area contributed by atoms with Crippen LogP contribution < -0.4 is 10.6 Å². The smallest absolute Gasteiger partial charge is 0.272 e. The number of phenols is 1. The number of hydrogen-bond acceptors (Lipinski definition) is 5. The molecular formula is C28H35F2N3O5. The number of phenolic OH excluding ortho intramolecular Hbond substituents is 1. The van der Waals surface area contributed by atoms with Gasteiger partial charge in [-0.25, -0.2) is 8.78 Å². The van der Waals surface area contributed by atoms with Crippen LogP contribution in [0.4, 0.5) is 8.78 Å². The van der Waals surface area contributed by atoms with Crippen molar-refractivity contribution in [2.45, 2.75) is 65.1 Å². The van der Waals surface area contributed by atoms with Crippen LogP contribution in [0, 0.1) is 19.3 Å². The fourth-order valence-corrected chi connectivity index (χ4v) is 4.82. The molecule has 1 heterocycles. The van der Waals surface area contributed by atoms with Gasteiger partial charge in [0.15, 0.2) is 6.10 Å². The number of amides is 3. The molecule has 2 aromatic rings. The van der Waals surface area contributed by atoms with E-state index in [0.717, 1.165) is 0 Å². The van der Waals surface area contributed by atoms with Crippen molar-refractivity contribution in [3.05, 3.63) is 64.7 Å². The summed E-state index contributed by atoms with van der Waals surface area (Å²) in [5, 5.41) is 26.5. The first-order chi connectivity index (χ1) is 17.7. The number of nitrogens with one attached hydrogen (secondary N) is 2. The second kappa shape index (κ2) is 11.1. The predicted octanol–water partition coefficient (Wildman–Crippen LogP) is 2.72. The van der Waals surface area contributed by atoms with E-state index < -0.39 is 53.8 Å². The molecule has 0 bridgehead atoms. The van der Waals surface area contributed by atoms with E-state index in [1.807, 2.05) is 0 Å². The Morgan fingerprint density at radius 3 is 2.37 bits per heavy atom. The fourth-order valence-electron chi connectivity index (χ4n) is 4.82. The van der Waals surface area contributed by atoms with Gasteiger partial charge in [-0.3, -0.25) is 14.4 Å². The Morgan fingerprint density at radius 2 is 1.76 bits per heavy atom. The van der Waals surface area contributed by atoms with E-state index in [4.69, 9.17) is 0 Å². The SMILES string of the molecule is CCNC(=O)[C@H]1N(C(=O)[C@@H](O)[C@H](Cc2ccccc2)NC(=O)c2cc(C)cc(O)c2C)CC(F)(F)C1(C)C. The van der Waals surface area contributed by atoms with Gasteiger partial charge in [-0.2, -0.15) is 0 Å². The molecule has 3 rings (SSSR count). The summed E-state index contributed by atoms with van der Waals surface area (Å²) in [4.78, 5) is 40.3. The lowest BCUT2D eigenvalue weighted by molar-refractivity contribution is -0.148. The summed E-state index contributed by atoms with van der Waals surface area (Å²) in [6.07, 6.45) is -1.92. The van der Waals surface area contributed by atoms with Crippen molar-refractivity contribution < 1.29 is 33.4 Å². The maximum atomic E-state index is 15.0. The summed E-state index contributed by atoms with van der Waals surface area (Å²) in [7, 11) is 0. The Hall–Kier alpha value is -3.53. The van der Waals surface area contributed by atoms with Gasteiger partial charge < -0.3 is 25.7 Å². The fraction of sp³-hybridized carbons (Fsp3) is 0.464. The highest BCUT2D eigenvalue weighted by Gasteiger charge is 2.64. The Morgan fingerprint density at radius 1 is 1.13 bits per heavy atom. The van der Waals surface area contributed by atoms with Crippen molar-refractivity contribution in [1.82, 2.24) is 15.5 Å². The van der Waals surface area contributed by atoms with Crippen LogP contribution >= 0.6 is 0 Å². The monoisotopic (exact) mass is 531 g/mol. The summed E-state index contributed by atoms with van der Waals surface area (Å²) in [6.45, 7) is 6.45. The van der Waals surface area contributed by atoms with Crippen molar-refractivity contribution >= 4 is 17.7 Å². The first kappa shape index (κ1) is 29.0. The largest absolute Gasteiger partial charge is 0.508 e. The molecule has 0 spiro atoms. The Kier molecular flexibility index (Phi) is 8.45. The van der Waals surface area contributed by atoms with Crippen LogP contribution in [0.25, 0.3) is 0 Å². The number of aliphatic hydroxyl groups excluding tert-OH is 1. The van der Waals surface area contributed by atoms with Gasteiger partial charge in [0.1, 0.15) is 11.8 Å². The average Bonchev–Trinajstić information content (AvgIpc) is 3.04. The van der Waals surface area contributed by atoms with Crippen LogP contribution in [0.15, 0.2) is 42.5 Å². The topological polar surface area (TPSA) is 119 Å². The minimum Gasteiger partial charge on any atom is -0.508 e. The van der Waals surface area contributed by atoms with Gasteiger partial charge in [0, 0.05) is 17.7 Å². The highest BCUT2D eigenvalue weighted by molar-refractivity contribution is 5.97. The lowest BCUT2D eigenvalue weighted by Gasteiger charge is -2.34. The highest BCUT2D eigenvalue weighted by atomic mass is 19.3. The van der Waals surface area contributed by atoms with E-state index in [2.05, 4.69) is 10.6 Å². The zero-order chi connectivity index (χ0) is 28.4. The molecule has 4 N–H and O–H groups in total. The Bertz CT molecular complexity index is 1200. The molecule has 206 valence electrons. The molecule has 38 heavy (non-hydrogen) atoms. The molecule has 1 fully saturated rings. The lowest BCUT2D eigenvalue weighted by atomic mass is 9.81. The van der Waals surface area contributed by atoms with Crippen LogP contribution in [0.3, 0.4) is 0 Å². The van der Waals surface area contributed by atoms with Crippen molar-refractivity contribution in [2.24, 2.45) is 5.41 Å². The first-order valence-electron chi connectivity index (χ1n) is 12.5. The minimum absolute atomic E-state index is 0.00970. The van der Waals surface area contributed by atoms with Crippen LogP contribution in [-0.4, -0.2) is 70.0 Å². The molecule has 1 saturated heterocycles. The molecule has 0 aliphatic carbocycles. The average molecular weight is 532 g/mol. The standard InChI is InChI=1S/C28H35F2N3O5/c1-6-31-25(37)23-27(4,5)28(29,30)15-33(23)26(38)22(35)20(14-18-10-8-7-9-11-18)32-24(36)19-12-16(2)13-21(34)17(19)3/h7-13,20,22-23,34-35H,6,14-15H2,1-5H3,(H,31,37)(H,32,36)/t20-,22-,23+/m0/s1. The van der Waals surface area contributed by atoms with E-state index in [9.17, 15) is 33.4 Å². The molecule has 3 amide bonds. The number of alkyl halides is 2. The lowest BCUT2D eigenvalue weighted by Crippen LogP contribution is -2.57. The molecule has 1 aliphatic heterocycles. The number of rotatable bonds is 8. The van der Waals surface area contributed by atoms with Crippen LogP contribution in [0.5, 0.6) is 5.75 Å². The molecule has 3 atom stereocenters. The number of aliphatic hydroxyl groups is 1. The number of likely N-dealkylation sites (tertiary alicyclic amines) is 1. The number of halogens is 2. The molecule has 8 nitrogen and oxygen atoms in total. The van der Waals surface area contributed by atoms with E-state index >= 15 is 0 Å². The third-order valence-electron chi connectivity index (χ3n) is 7.21. The number of nitrogens with zero attached hydrogens (tertiary/aromatic N) is 1. The normalized spacial score (nSPS) is 19.5. The van der Waals surface area contributed by atoms with Gasteiger partial charge in [0.25, 0.3) is 17.7 Å². The second-order valence-corrected chi connectivity index (χ2v) is 10.4. The summed E-state index contributed by atoms with van der Waals surface area (Å²) >= 11 is 0. The second-order valence-electron chi connectivity index (χ2n) is 10.4. The number of hydrogen-bond donors (Lipinski definition) is 4. The molecule has 0 unspecified atom stereocenters. The molecule has 10 heteroatoms. The molecular weight excluding hydrogens is 496 g/mol. The zero-order valence-electron chi connectivity index (χ0n) is 22.2. The number of aromatic hydroxyl groups is 1. The van der Waals surface area contributed by atoms with Gasteiger partial charge in [-0.1, -0.05) is 44.2 Å². The summed E-state index contributed by atoms with van der Waals surface area (Å²) in [6, 6.07) is 9.09.